The van der Waals surface area contributed by atoms with E-state index in [4.69, 9.17) is 0 Å². The van der Waals surface area contributed by atoms with Crippen molar-refractivity contribution < 1.29 is 4.79 Å². The first-order valence-corrected chi connectivity index (χ1v) is 5.79. The normalized spacial score (nSPS) is 9.78. The molecule has 0 radical (unpaired) electrons. The van der Waals surface area contributed by atoms with Crippen LogP contribution in [0.25, 0.3) is 0 Å². The first kappa shape index (κ1) is 12.1. The second kappa shape index (κ2) is 6.39. The zero-order valence-electron chi connectivity index (χ0n) is 9.97. The fourth-order valence-electron chi connectivity index (χ4n) is 1.52. The number of amides is 2. The fourth-order valence-corrected chi connectivity index (χ4v) is 1.52. The number of aromatic nitrogens is 1. The van der Waals surface area contributed by atoms with Crippen LogP contribution in [0.5, 0.6) is 0 Å². The summed E-state index contributed by atoms with van der Waals surface area (Å²) in [6.07, 6.45) is 3.41. The van der Waals surface area contributed by atoms with Crippen LogP contribution in [0, 0.1) is 0 Å². The van der Waals surface area contributed by atoms with Crippen molar-refractivity contribution in [1.29, 1.82) is 0 Å². The van der Waals surface area contributed by atoms with Gasteiger partial charge in [-0.1, -0.05) is 30.3 Å². The van der Waals surface area contributed by atoms with E-state index in [1.807, 2.05) is 42.5 Å². The predicted molar refractivity (Wildman–Crippen MR) is 69.8 cm³/mol. The van der Waals surface area contributed by atoms with E-state index in [0.717, 1.165) is 11.1 Å². The van der Waals surface area contributed by atoms with Crippen LogP contribution in [0.15, 0.2) is 54.9 Å². The van der Waals surface area contributed by atoms with E-state index in [1.165, 1.54) is 0 Å². The summed E-state index contributed by atoms with van der Waals surface area (Å²) < 4.78 is 0. The van der Waals surface area contributed by atoms with Gasteiger partial charge in [-0.3, -0.25) is 4.98 Å². The number of rotatable bonds is 4. The van der Waals surface area contributed by atoms with Gasteiger partial charge in [0.1, 0.15) is 0 Å². The van der Waals surface area contributed by atoms with E-state index < -0.39 is 0 Å². The molecule has 0 spiro atoms. The van der Waals surface area contributed by atoms with Crippen LogP contribution < -0.4 is 10.6 Å². The van der Waals surface area contributed by atoms with Gasteiger partial charge in [0, 0.05) is 25.5 Å². The van der Waals surface area contributed by atoms with Crippen molar-refractivity contribution in [3.8, 4) is 0 Å². The summed E-state index contributed by atoms with van der Waals surface area (Å²) >= 11 is 0. The number of hydrogen-bond acceptors (Lipinski definition) is 2. The van der Waals surface area contributed by atoms with Gasteiger partial charge < -0.3 is 10.6 Å². The van der Waals surface area contributed by atoms with Gasteiger partial charge in [-0.2, -0.15) is 0 Å². The van der Waals surface area contributed by atoms with Crippen LogP contribution in [-0.2, 0) is 13.1 Å². The van der Waals surface area contributed by atoms with E-state index in [-0.39, 0.29) is 6.03 Å². The molecule has 1 aromatic heterocycles. The average molecular weight is 241 g/mol. The van der Waals surface area contributed by atoms with Gasteiger partial charge in [-0.05, 0) is 23.3 Å². The Balaban J connectivity index is 1.73. The van der Waals surface area contributed by atoms with Crippen molar-refractivity contribution in [2.75, 3.05) is 0 Å². The van der Waals surface area contributed by atoms with Gasteiger partial charge in [0.05, 0.1) is 0 Å². The van der Waals surface area contributed by atoms with Crippen LogP contribution >= 0.6 is 0 Å². The summed E-state index contributed by atoms with van der Waals surface area (Å²) in [6.45, 7) is 1.03. The lowest BCUT2D eigenvalue weighted by molar-refractivity contribution is 0.240. The number of carbonyl (C=O) groups excluding carboxylic acids is 1. The molecule has 4 heteroatoms. The number of hydrogen-bond donors (Lipinski definition) is 2. The number of pyridine rings is 1. The second-order valence-electron chi connectivity index (χ2n) is 3.88. The Bertz CT molecular complexity index is 439. The van der Waals surface area contributed by atoms with Crippen molar-refractivity contribution in [2.45, 2.75) is 13.1 Å². The molecule has 2 aromatic rings. The molecule has 0 saturated heterocycles. The number of urea groups is 1. The monoisotopic (exact) mass is 241 g/mol. The molecule has 0 unspecified atom stereocenters. The quantitative estimate of drug-likeness (QED) is 0.861. The zero-order chi connectivity index (χ0) is 12.6. The highest BCUT2D eigenvalue weighted by Crippen LogP contribution is 1.97. The largest absolute Gasteiger partial charge is 0.334 e. The maximum Gasteiger partial charge on any atom is 0.315 e. The summed E-state index contributed by atoms with van der Waals surface area (Å²) in [6, 6.07) is 13.4. The van der Waals surface area contributed by atoms with Gasteiger partial charge in [0.2, 0.25) is 0 Å². The Morgan fingerprint density at radius 2 is 1.44 bits per heavy atom. The lowest BCUT2D eigenvalue weighted by atomic mass is 10.2. The third-order valence-corrected chi connectivity index (χ3v) is 2.50. The van der Waals surface area contributed by atoms with Crippen molar-refractivity contribution in [1.82, 2.24) is 15.6 Å². The SMILES string of the molecule is O=C(NCc1ccccc1)NCc1ccncc1. The minimum atomic E-state index is -0.171. The van der Waals surface area contributed by atoms with Crippen LogP contribution in [0.4, 0.5) is 4.79 Å². The highest BCUT2D eigenvalue weighted by molar-refractivity contribution is 5.73. The molecule has 2 rings (SSSR count). The molecular weight excluding hydrogens is 226 g/mol. The molecule has 0 fully saturated rings. The Kier molecular flexibility index (Phi) is 4.30. The highest BCUT2D eigenvalue weighted by atomic mass is 16.2. The van der Waals surface area contributed by atoms with Gasteiger partial charge in [0.25, 0.3) is 0 Å². The summed E-state index contributed by atoms with van der Waals surface area (Å²) in [5, 5.41) is 5.59. The molecule has 0 aliphatic carbocycles. The second-order valence-corrected chi connectivity index (χ2v) is 3.88. The van der Waals surface area contributed by atoms with Crippen molar-refractivity contribution in [3.05, 3.63) is 66.0 Å². The van der Waals surface area contributed by atoms with Crippen molar-refractivity contribution >= 4 is 6.03 Å². The molecule has 4 nitrogen and oxygen atoms in total. The maximum atomic E-state index is 11.6. The Hall–Kier alpha value is -2.36. The molecular formula is C14H15N3O. The van der Waals surface area contributed by atoms with Crippen LogP contribution in [0.3, 0.4) is 0 Å². The molecule has 18 heavy (non-hydrogen) atoms. The lowest BCUT2D eigenvalue weighted by Crippen LogP contribution is -2.34. The number of nitrogens with zero attached hydrogens (tertiary/aromatic N) is 1. The lowest BCUT2D eigenvalue weighted by Gasteiger charge is -2.07. The molecule has 0 bridgehead atoms. The van der Waals surface area contributed by atoms with E-state index >= 15 is 0 Å². The molecule has 0 atom stereocenters. The molecule has 2 amide bonds. The summed E-state index contributed by atoms with van der Waals surface area (Å²) in [7, 11) is 0. The van der Waals surface area contributed by atoms with Gasteiger partial charge >= 0.3 is 6.03 Å². The molecule has 2 N–H and O–H groups in total. The van der Waals surface area contributed by atoms with Gasteiger partial charge in [-0.25, -0.2) is 4.79 Å². The molecule has 1 heterocycles. The van der Waals surface area contributed by atoms with E-state index in [1.54, 1.807) is 12.4 Å². The van der Waals surface area contributed by atoms with Crippen LogP contribution in [-0.4, -0.2) is 11.0 Å². The summed E-state index contributed by atoms with van der Waals surface area (Å²) in [4.78, 5) is 15.5. The molecule has 0 aliphatic rings. The standard InChI is InChI=1S/C14H15N3O/c18-14(16-10-12-4-2-1-3-5-12)17-11-13-6-8-15-9-7-13/h1-9H,10-11H2,(H2,16,17,18). The highest BCUT2D eigenvalue weighted by Gasteiger charge is 1.99. The van der Waals surface area contributed by atoms with Crippen molar-refractivity contribution in [3.63, 3.8) is 0 Å². The smallest absolute Gasteiger partial charge is 0.315 e. The van der Waals surface area contributed by atoms with E-state index in [2.05, 4.69) is 15.6 Å². The molecule has 92 valence electrons. The third-order valence-electron chi connectivity index (χ3n) is 2.50. The molecule has 0 aliphatic heterocycles. The molecule has 1 aromatic carbocycles. The van der Waals surface area contributed by atoms with Crippen LogP contribution in [0.2, 0.25) is 0 Å². The Morgan fingerprint density at radius 1 is 0.889 bits per heavy atom. The third kappa shape index (κ3) is 3.90. The Labute approximate surface area is 106 Å². The number of nitrogens with one attached hydrogen (secondary N) is 2. The zero-order valence-corrected chi connectivity index (χ0v) is 9.97. The van der Waals surface area contributed by atoms with Crippen LogP contribution in [0.1, 0.15) is 11.1 Å². The van der Waals surface area contributed by atoms with Gasteiger partial charge in [0.15, 0.2) is 0 Å². The fraction of sp³-hybridized carbons (Fsp3) is 0.143. The first-order valence-electron chi connectivity index (χ1n) is 5.79. The van der Waals surface area contributed by atoms with E-state index in [9.17, 15) is 4.79 Å². The minimum absolute atomic E-state index is 0.171. The average Bonchev–Trinajstić information content (AvgIpc) is 2.45. The Morgan fingerprint density at radius 3 is 2.06 bits per heavy atom. The first-order chi connectivity index (χ1) is 8.84. The molecule has 0 saturated carbocycles. The summed E-state index contributed by atoms with van der Waals surface area (Å²) in [5.41, 5.74) is 2.11. The topological polar surface area (TPSA) is 54.0 Å². The minimum Gasteiger partial charge on any atom is -0.334 e. The number of benzene rings is 1. The maximum absolute atomic E-state index is 11.6. The van der Waals surface area contributed by atoms with Crippen molar-refractivity contribution in [2.24, 2.45) is 0 Å². The summed E-state index contributed by atoms with van der Waals surface area (Å²) in [5.74, 6) is 0. The van der Waals surface area contributed by atoms with E-state index in [0.29, 0.717) is 13.1 Å². The van der Waals surface area contributed by atoms with Gasteiger partial charge in [-0.15, -0.1) is 0 Å². The predicted octanol–water partition coefficient (Wildman–Crippen LogP) is 2.08. The number of carbonyl (C=O) groups is 1.